The number of esters is 1. The number of benzene rings is 3. The number of rotatable bonds is 9. The first-order chi connectivity index (χ1) is 16.4. The Bertz CT molecular complexity index is 1200. The summed E-state index contributed by atoms with van der Waals surface area (Å²) in [5.74, 6) is 0.273. The predicted octanol–water partition coefficient (Wildman–Crippen LogP) is 5.56. The van der Waals surface area contributed by atoms with E-state index in [4.69, 9.17) is 25.8 Å². The topological polar surface area (TPSA) is 86.2 Å². The maximum absolute atomic E-state index is 12.4. The van der Waals surface area contributed by atoms with Crippen LogP contribution in [0.2, 0.25) is 5.02 Å². The van der Waals surface area contributed by atoms with Gasteiger partial charge in [0, 0.05) is 9.50 Å². The molecule has 3 rings (SSSR count). The van der Waals surface area contributed by atoms with E-state index in [0.717, 1.165) is 10.0 Å². The van der Waals surface area contributed by atoms with Crippen LogP contribution in [-0.2, 0) is 4.79 Å². The zero-order valence-corrected chi connectivity index (χ0v) is 20.9. The quantitative estimate of drug-likeness (QED) is 0.165. The zero-order chi connectivity index (χ0) is 24.5. The van der Waals surface area contributed by atoms with Crippen molar-refractivity contribution in [1.29, 1.82) is 0 Å². The first-order valence-electron chi connectivity index (χ1n) is 10.3. The summed E-state index contributed by atoms with van der Waals surface area (Å²) >= 11 is 9.31. The van der Waals surface area contributed by atoms with Crippen LogP contribution in [0.15, 0.2) is 70.2 Å². The molecule has 0 atom stereocenters. The number of hydrogen-bond acceptors (Lipinski definition) is 6. The van der Waals surface area contributed by atoms with Crippen LogP contribution in [0.4, 0.5) is 0 Å². The molecular weight excluding hydrogens is 524 g/mol. The summed E-state index contributed by atoms with van der Waals surface area (Å²) in [6.07, 6.45) is 1.45. The second kappa shape index (κ2) is 12.2. The number of halogens is 2. The van der Waals surface area contributed by atoms with E-state index in [0.29, 0.717) is 34.3 Å². The molecule has 1 amide bonds. The number of aryl methyl sites for hydroxylation is 1. The number of amides is 1. The van der Waals surface area contributed by atoms with Gasteiger partial charge in [0.25, 0.3) is 5.91 Å². The highest BCUT2D eigenvalue weighted by molar-refractivity contribution is 9.10. The van der Waals surface area contributed by atoms with Crippen molar-refractivity contribution < 1.29 is 23.8 Å². The minimum Gasteiger partial charge on any atom is -0.490 e. The average molecular weight is 546 g/mol. The van der Waals surface area contributed by atoms with Gasteiger partial charge in [0.15, 0.2) is 18.1 Å². The lowest BCUT2D eigenvalue weighted by Gasteiger charge is -2.11. The Kier molecular flexibility index (Phi) is 9.07. The van der Waals surface area contributed by atoms with Gasteiger partial charge in [-0.15, -0.1) is 0 Å². The fourth-order valence-electron chi connectivity index (χ4n) is 2.77. The molecule has 34 heavy (non-hydrogen) atoms. The SMILES string of the molecule is CCOc1cc(C=NNC(=O)COc2ccc(Cl)c(C)c2)ccc1OC(=O)c1ccc(Br)cc1. The number of ether oxygens (including phenoxy) is 3. The molecule has 0 aliphatic rings. The highest BCUT2D eigenvalue weighted by Crippen LogP contribution is 2.29. The van der Waals surface area contributed by atoms with Crippen molar-refractivity contribution in [2.45, 2.75) is 13.8 Å². The van der Waals surface area contributed by atoms with Gasteiger partial charge in [0.2, 0.25) is 0 Å². The Morgan fingerprint density at radius 2 is 1.79 bits per heavy atom. The van der Waals surface area contributed by atoms with Crippen LogP contribution < -0.4 is 19.6 Å². The normalized spacial score (nSPS) is 10.7. The van der Waals surface area contributed by atoms with Gasteiger partial charge in [-0.05, 0) is 85.6 Å². The largest absolute Gasteiger partial charge is 0.490 e. The van der Waals surface area contributed by atoms with Crippen LogP contribution in [0.25, 0.3) is 0 Å². The van der Waals surface area contributed by atoms with Gasteiger partial charge < -0.3 is 14.2 Å². The third-order valence-corrected chi connectivity index (χ3v) is 5.41. The standard InChI is InChI=1S/C25H22BrClN2O5/c1-3-32-23-13-17(4-11-22(23)34-25(31)18-5-7-19(26)8-6-18)14-28-29-24(30)15-33-20-9-10-21(27)16(2)12-20/h4-14H,3,15H2,1-2H3,(H,29,30). The van der Waals surface area contributed by atoms with E-state index in [2.05, 4.69) is 26.5 Å². The minimum absolute atomic E-state index is 0.201. The highest BCUT2D eigenvalue weighted by Gasteiger charge is 2.13. The van der Waals surface area contributed by atoms with Crippen LogP contribution in [0, 0.1) is 6.92 Å². The van der Waals surface area contributed by atoms with Gasteiger partial charge in [0.1, 0.15) is 5.75 Å². The lowest BCUT2D eigenvalue weighted by atomic mass is 10.2. The number of nitrogens with one attached hydrogen (secondary N) is 1. The van der Waals surface area contributed by atoms with E-state index in [-0.39, 0.29) is 12.4 Å². The molecule has 176 valence electrons. The number of hydrazone groups is 1. The van der Waals surface area contributed by atoms with Crippen molar-refractivity contribution in [2.24, 2.45) is 5.10 Å². The summed E-state index contributed by atoms with van der Waals surface area (Å²) in [7, 11) is 0. The molecular formula is C25H22BrClN2O5. The van der Waals surface area contributed by atoms with Crippen molar-refractivity contribution >= 4 is 45.6 Å². The first-order valence-corrected chi connectivity index (χ1v) is 11.5. The number of carbonyl (C=O) groups is 2. The van der Waals surface area contributed by atoms with E-state index >= 15 is 0 Å². The van der Waals surface area contributed by atoms with Crippen LogP contribution >= 0.6 is 27.5 Å². The van der Waals surface area contributed by atoms with Crippen molar-refractivity contribution in [1.82, 2.24) is 5.43 Å². The Morgan fingerprint density at radius 3 is 2.50 bits per heavy atom. The first kappa shape index (κ1) is 25.3. The summed E-state index contributed by atoms with van der Waals surface area (Å²) in [4.78, 5) is 24.4. The van der Waals surface area contributed by atoms with E-state index in [1.165, 1.54) is 6.21 Å². The lowest BCUT2D eigenvalue weighted by Crippen LogP contribution is -2.24. The van der Waals surface area contributed by atoms with Crippen molar-refractivity contribution in [2.75, 3.05) is 13.2 Å². The van der Waals surface area contributed by atoms with E-state index in [1.807, 2.05) is 13.8 Å². The van der Waals surface area contributed by atoms with Crippen molar-refractivity contribution in [3.63, 3.8) is 0 Å². The molecule has 0 aliphatic carbocycles. The van der Waals surface area contributed by atoms with Crippen LogP contribution in [-0.4, -0.2) is 31.3 Å². The number of nitrogens with zero attached hydrogens (tertiary/aromatic N) is 1. The third-order valence-electron chi connectivity index (χ3n) is 4.45. The smallest absolute Gasteiger partial charge is 0.343 e. The summed E-state index contributed by atoms with van der Waals surface area (Å²) in [6, 6.07) is 16.9. The number of carbonyl (C=O) groups excluding carboxylic acids is 2. The van der Waals surface area contributed by atoms with E-state index < -0.39 is 11.9 Å². The molecule has 0 unspecified atom stereocenters. The summed E-state index contributed by atoms with van der Waals surface area (Å²) in [5.41, 5.74) is 4.31. The molecule has 9 heteroatoms. The summed E-state index contributed by atoms with van der Waals surface area (Å²) in [5, 5.41) is 4.57. The molecule has 0 bridgehead atoms. The Labute approximate surface area is 210 Å². The Hall–Kier alpha value is -3.36. The molecule has 0 fully saturated rings. The van der Waals surface area contributed by atoms with Gasteiger partial charge in [-0.1, -0.05) is 27.5 Å². The van der Waals surface area contributed by atoms with Gasteiger partial charge in [-0.25, -0.2) is 10.2 Å². The van der Waals surface area contributed by atoms with Crippen LogP contribution in [0.1, 0.15) is 28.4 Å². The summed E-state index contributed by atoms with van der Waals surface area (Å²) in [6.45, 7) is 3.85. The molecule has 0 saturated carbocycles. The van der Waals surface area contributed by atoms with E-state index in [9.17, 15) is 9.59 Å². The maximum Gasteiger partial charge on any atom is 0.343 e. The second-order valence-corrected chi connectivity index (χ2v) is 8.35. The Balaban J connectivity index is 1.59. The van der Waals surface area contributed by atoms with Crippen molar-refractivity contribution in [3.8, 4) is 17.2 Å². The second-order valence-electron chi connectivity index (χ2n) is 7.03. The molecule has 0 aromatic heterocycles. The summed E-state index contributed by atoms with van der Waals surface area (Å²) < 4.78 is 17.4. The maximum atomic E-state index is 12.4. The third kappa shape index (κ3) is 7.33. The molecule has 3 aromatic carbocycles. The van der Waals surface area contributed by atoms with Gasteiger partial charge in [-0.3, -0.25) is 4.79 Å². The molecule has 0 aliphatic heterocycles. The molecule has 0 spiro atoms. The highest BCUT2D eigenvalue weighted by atomic mass is 79.9. The monoisotopic (exact) mass is 544 g/mol. The zero-order valence-electron chi connectivity index (χ0n) is 18.5. The molecule has 1 N–H and O–H groups in total. The molecule has 7 nitrogen and oxygen atoms in total. The van der Waals surface area contributed by atoms with Gasteiger partial charge >= 0.3 is 5.97 Å². The fraction of sp³-hybridized carbons (Fsp3) is 0.160. The van der Waals surface area contributed by atoms with Crippen LogP contribution in [0.3, 0.4) is 0 Å². The average Bonchev–Trinajstić information content (AvgIpc) is 2.82. The van der Waals surface area contributed by atoms with Gasteiger partial charge in [-0.2, -0.15) is 5.10 Å². The van der Waals surface area contributed by atoms with Gasteiger partial charge in [0.05, 0.1) is 18.4 Å². The fourth-order valence-corrected chi connectivity index (χ4v) is 3.15. The lowest BCUT2D eigenvalue weighted by molar-refractivity contribution is -0.123. The molecule has 0 heterocycles. The van der Waals surface area contributed by atoms with Crippen molar-refractivity contribution in [3.05, 3.63) is 86.8 Å². The van der Waals surface area contributed by atoms with E-state index in [1.54, 1.807) is 60.7 Å². The molecule has 0 radical (unpaired) electrons. The molecule has 3 aromatic rings. The Morgan fingerprint density at radius 1 is 1.03 bits per heavy atom. The molecule has 0 saturated heterocycles. The predicted molar refractivity (Wildman–Crippen MR) is 134 cm³/mol. The minimum atomic E-state index is -0.502. The number of hydrogen-bond donors (Lipinski definition) is 1. The van der Waals surface area contributed by atoms with Crippen LogP contribution in [0.5, 0.6) is 17.2 Å².